The van der Waals surface area contributed by atoms with E-state index in [1.54, 1.807) is 0 Å². The van der Waals surface area contributed by atoms with Gasteiger partial charge >= 0.3 is 0 Å². The summed E-state index contributed by atoms with van der Waals surface area (Å²) in [6.45, 7) is 4.60. The third-order valence-electron chi connectivity index (χ3n) is 4.00. The zero-order chi connectivity index (χ0) is 9.26. The quantitative estimate of drug-likeness (QED) is 0.636. The van der Waals surface area contributed by atoms with Crippen molar-refractivity contribution in [2.45, 2.75) is 64.6 Å². The third-order valence-corrected chi connectivity index (χ3v) is 4.00. The van der Waals surface area contributed by atoms with Gasteiger partial charge in [0.15, 0.2) is 0 Å². The summed E-state index contributed by atoms with van der Waals surface area (Å²) in [5.41, 5.74) is 0. The maximum absolute atomic E-state index is 6.12. The molecule has 0 N–H and O–H groups in total. The molecule has 1 aliphatic heterocycles. The van der Waals surface area contributed by atoms with Crippen LogP contribution in [0.15, 0.2) is 0 Å². The molecule has 1 saturated heterocycles. The number of hydrogen-bond acceptors (Lipinski definition) is 1. The van der Waals surface area contributed by atoms with Gasteiger partial charge in [0, 0.05) is 0 Å². The van der Waals surface area contributed by atoms with Crippen LogP contribution in [0, 0.1) is 11.8 Å². The largest absolute Gasteiger partial charge is 0.374 e. The van der Waals surface area contributed by atoms with Crippen LogP contribution in [0.4, 0.5) is 0 Å². The first-order valence-electron chi connectivity index (χ1n) is 6.02. The summed E-state index contributed by atoms with van der Waals surface area (Å²) in [7, 11) is 0. The lowest BCUT2D eigenvalue weighted by Gasteiger charge is -2.26. The second-order valence-electron chi connectivity index (χ2n) is 4.64. The van der Waals surface area contributed by atoms with Crippen LogP contribution in [-0.4, -0.2) is 12.2 Å². The van der Waals surface area contributed by atoms with Crippen molar-refractivity contribution in [3.63, 3.8) is 0 Å². The van der Waals surface area contributed by atoms with Crippen molar-refractivity contribution >= 4 is 0 Å². The molecule has 1 aliphatic carbocycles. The van der Waals surface area contributed by atoms with Crippen molar-refractivity contribution in [3.8, 4) is 0 Å². The molecule has 0 aromatic carbocycles. The minimum Gasteiger partial charge on any atom is -0.374 e. The lowest BCUT2D eigenvalue weighted by molar-refractivity contribution is 0.0142. The highest BCUT2D eigenvalue weighted by atomic mass is 16.5. The van der Waals surface area contributed by atoms with Gasteiger partial charge in [0.05, 0.1) is 12.2 Å². The smallest absolute Gasteiger partial charge is 0.0610 e. The van der Waals surface area contributed by atoms with Crippen molar-refractivity contribution < 1.29 is 4.74 Å². The summed E-state index contributed by atoms with van der Waals surface area (Å²) in [6, 6.07) is 0. The number of fused-ring (bicyclic) bond motifs is 1. The van der Waals surface area contributed by atoms with Gasteiger partial charge < -0.3 is 4.74 Å². The van der Waals surface area contributed by atoms with Crippen molar-refractivity contribution in [3.05, 3.63) is 0 Å². The Hall–Kier alpha value is -0.0400. The molecule has 1 saturated carbocycles. The maximum Gasteiger partial charge on any atom is 0.0610 e. The van der Waals surface area contributed by atoms with Crippen molar-refractivity contribution in [2.24, 2.45) is 11.8 Å². The highest BCUT2D eigenvalue weighted by molar-refractivity contribution is 4.91. The Morgan fingerprint density at radius 1 is 1.08 bits per heavy atom. The molecular formula is C12H22O. The van der Waals surface area contributed by atoms with Gasteiger partial charge in [-0.2, -0.15) is 0 Å². The highest BCUT2D eigenvalue weighted by Crippen LogP contribution is 2.43. The molecule has 1 nitrogen and oxygen atoms in total. The van der Waals surface area contributed by atoms with Crippen molar-refractivity contribution in [1.29, 1.82) is 0 Å². The topological polar surface area (TPSA) is 9.23 Å². The first kappa shape index (κ1) is 9.51. The molecule has 2 aliphatic rings. The van der Waals surface area contributed by atoms with Crippen LogP contribution in [0.25, 0.3) is 0 Å². The van der Waals surface area contributed by atoms with E-state index in [1.807, 2.05) is 0 Å². The summed E-state index contributed by atoms with van der Waals surface area (Å²) >= 11 is 0. The fourth-order valence-electron chi connectivity index (χ4n) is 3.35. The third kappa shape index (κ3) is 1.63. The minimum atomic E-state index is 0.582. The Morgan fingerprint density at radius 2 is 1.85 bits per heavy atom. The van der Waals surface area contributed by atoms with Crippen LogP contribution in [0.2, 0.25) is 0 Å². The second kappa shape index (κ2) is 4.00. The predicted octanol–water partition coefficient (Wildman–Crippen LogP) is 3.38. The van der Waals surface area contributed by atoms with Crippen LogP contribution in [0.1, 0.15) is 52.4 Å². The van der Waals surface area contributed by atoms with Crippen LogP contribution in [0.3, 0.4) is 0 Å². The molecular weight excluding hydrogens is 160 g/mol. The van der Waals surface area contributed by atoms with E-state index in [-0.39, 0.29) is 0 Å². The fourth-order valence-corrected chi connectivity index (χ4v) is 3.35. The molecule has 1 heteroatoms. The van der Waals surface area contributed by atoms with E-state index in [0.717, 1.165) is 11.8 Å². The van der Waals surface area contributed by atoms with E-state index in [0.29, 0.717) is 12.2 Å². The summed E-state index contributed by atoms with van der Waals surface area (Å²) in [4.78, 5) is 0. The normalized spacial score (nSPS) is 44.8. The number of rotatable bonds is 2. The first-order chi connectivity index (χ1) is 6.36. The lowest BCUT2D eigenvalue weighted by atomic mass is 9.77. The average Bonchev–Trinajstić information content (AvgIpc) is 2.55. The molecule has 2 fully saturated rings. The van der Waals surface area contributed by atoms with Gasteiger partial charge in [0.2, 0.25) is 0 Å². The van der Waals surface area contributed by atoms with Crippen LogP contribution >= 0.6 is 0 Å². The van der Waals surface area contributed by atoms with Gasteiger partial charge in [0.1, 0.15) is 0 Å². The van der Waals surface area contributed by atoms with E-state index in [4.69, 9.17) is 4.74 Å². The summed E-state index contributed by atoms with van der Waals surface area (Å²) in [5.74, 6) is 1.78. The monoisotopic (exact) mass is 182 g/mol. The molecule has 0 bridgehead atoms. The molecule has 0 radical (unpaired) electrons. The van der Waals surface area contributed by atoms with Crippen LogP contribution in [-0.2, 0) is 4.74 Å². The summed E-state index contributed by atoms with van der Waals surface area (Å²) in [5, 5.41) is 0. The Bertz CT molecular complexity index is 163. The van der Waals surface area contributed by atoms with Gasteiger partial charge in [0.25, 0.3) is 0 Å². The van der Waals surface area contributed by atoms with Gasteiger partial charge in [-0.15, -0.1) is 0 Å². The zero-order valence-corrected chi connectivity index (χ0v) is 8.96. The van der Waals surface area contributed by atoms with E-state index in [2.05, 4.69) is 13.8 Å². The maximum atomic E-state index is 6.12. The van der Waals surface area contributed by atoms with E-state index in [1.165, 1.54) is 38.5 Å². The van der Waals surface area contributed by atoms with E-state index < -0.39 is 0 Å². The van der Waals surface area contributed by atoms with Crippen molar-refractivity contribution in [2.75, 3.05) is 0 Å². The van der Waals surface area contributed by atoms with Crippen molar-refractivity contribution in [1.82, 2.24) is 0 Å². The van der Waals surface area contributed by atoms with Crippen LogP contribution in [0.5, 0.6) is 0 Å². The van der Waals surface area contributed by atoms with Gasteiger partial charge in [-0.1, -0.05) is 33.1 Å². The number of hydrogen-bond donors (Lipinski definition) is 0. The SMILES string of the molecule is CCC1OC2CCCCC2C1CC. The van der Waals surface area contributed by atoms with Gasteiger partial charge in [-0.25, -0.2) is 0 Å². The molecule has 76 valence electrons. The molecule has 0 aromatic rings. The van der Waals surface area contributed by atoms with Crippen LogP contribution < -0.4 is 0 Å². The average molecular weight is 182 g/mol. The zero-order valence-electron chi connectivity index (χ0n) is 8.96. The van der Waals surface area contributed by atoms with Gasteiger partial charge in [-0.3, -0.25) is 0 Å². The van der Waals surface area contributed by atoms with E-state index >= 15 is 0 Å². The summed E-state index contributed by atoms with van der Waals surface area (Å²) in [6.07, 6.45) is 9.34. The summed E-state index contributed by atoms with van der Waals surface area (Å²) < 4.78 is 6.12. The van der Waals surface area contributed by atoms with E-state index in [9.17, 15) is 0 Å². The number of ether oxygens (including phenoxy) is 1. The Kier molecular flexibility index (Phi) is 2.92. The molecule has 13 heavy (non-hydrogen) atoms. The Balaban J connectivity index is 2.05. The molecule has 0 aromatic heterocycles. The fraction of sp³-hybridized carbons (Fsp3) is 1.00. The Morgan fingerprint density at radius 3 is 2.54 bits per heavy atom. The standard InChI is InChI=1S/C12H22O/c1-3-9-10-7-5-6-8-12(10)13-11(9)4-2/h9-12H,3-8H2,1-2H3. The lowest BCUT2D eigenvalue weighted by Crippen LogP contribution is -2.24. The van der Waals surface area contributed by atoms with Gasteiger partial charge in [-0.05, 0) is 31.1 Å². The molecule has 1 heterocycles. The Labute approximate surface area is 81.9 Å². The predicted molar refractivity (Wildman–Crippen MR) is 54.7 cm³/mol. The second-order valence-corrected chi connectivity index (χ2v) is 4.64. The molecule has 4 unspecified atom stereocenters. The first-order valence-corrected chi connectivity index (χ1v) is 6.02. The highest BCUT2D eigenvalue weighted by Gasteiger charge is 2.42. The molecule has 2 rings (SSSR count). The molecule has 4 atom stereocenters. The molecule has 0 spiro atoms. The molecule has 0 amide bonds. The minimum absolute atomic E-state index is 0.582.